The Morgan fingerprint density at radius 1 is 1.00 bits per heavy atom. The highest BCUT2D eigenvalue weighted by atomic mass is 16.5. The fraction of sp³-hybridized carbons (Fsp3) is 0.464. The normalized spacial score (nSPS) is 19.0. The number of aromatic nitrogens is 2. The number of imidazole rings is 1. The molecule has 1 atom stereocenters. The van der Waals surface area contributed by atoms with E-state index in [0.29, 0.717) is 19.6 Å². The minimum atomic E-state index is -0.780. The predicted molar refractivity (Wildman–Crippen MR) is 134 cm³/mol. The Kier molecular flexibility index (Phi) is 8.25. The molecule has 0 radical (unpaired) electrons. The van der Waals surface area contributed by atoms with Gasteiger partial charge in [-0.2, -0.15) is 0 Å². The Morgan fingerprint density at radius 2 is 1.85 bits per heavy atom. The molecule has 34 heavy (non-hydrogen) atoms. The summed E-state index contributed by atoms with van der Waals surface area (Å²) in [4.78, 5) is 6.68. The van der Waals surface area contributed by atoms with Crippen LogP contribution >= 0.6 is 0 Å². The fourth-order valence-corrected chi connectivity index (χ4v) is 4.45. The zero-order chi connectivity index (χ0) is 23.8. The van der Waals surface area contributed by atoms with Crippen LogP contribution in [0.15, 0.2) is 60.9 Å². The Hall–Kier alpha value is -2.83. The van der Waals surface area contributed by atoms with Gasteiger partial charge in [-0.3, -0.25) is 4.90 Å². The molecule has 0 aliphatic carbocycles. The van der Waals surface area contributed by atoms with Gasteiger partial charge in [0.1, 0.15) is 23.9 Å². The maximum atomic E-state index is 11.1. The van der Waals surface area contributed by atoms with Gasteiger partial charge in [-0.1, -0.05) is 29.8 Å². The molecule has 1 fully saturated rings. The number of rotatable bonds is 10. The standard InChI is InChI=1S/C28H37N3O3/c1-23-8-10-26(11-9-23)34-22-28(32)12-4-15-30(17-13-28)21-25-6-3-7-27(20-25)33-19-5-16-31-18-14-29-24(31)2/h3,6-11,14,18,20,32H,4-5,12-13,15-17,19,21-22H2,1-2H3. The van der Waals surface area contributed by atoms with Gasteiger partial charge >= 0.3 is 0 Å². The van der Waals surface area contributed by atoms with Gasteiger partial charge in [0.15, 0.2) is 0 Å². The molecule has 0 bridgehead atoms. The van der Waals surface area contributed by atoms with Gasteiger partial charge < -0.3 is 19.1 Å². The van der Waals surface area contributed by atoms with Crippen molar-refractivity contribution in [2.75, 3.05) is 26.3 Å². The Labute approximate surface area is 203 Å². The minimum Gasteiger partial charge on any atom is -0.494 e. The number of hydrogen-bond acceptors (Lipinski definition) is 5. The van der Waals surface area contributed by atoms with E-state index in [2.05, 4.69) is 39.6 Å². The van der Waals surface area contributed by atoms with E-state index in [1.165, 1.54) is 11.1 Å². The summed E-state index contributed by atoms with van der Waals surface area (Å²) in [6.45, 7) is 8.69. The van der Waals surface area contributed by atoms with Crippen molar-refractivity contribution in [3.63, 3.8) is 0 Å². The van der Waals surface area contributed by atoms with Crippen molar-refractivity contribution < 1.29 is 14.6 Å². The Bertz CT molecular complexity index is 1030. The number of aryl methyl sites for hydroxylation is 3. The molecule has 2 heterocycles. The molecular weight excluding hydrogens is 426 g/mol. The van der Waals surface area contributed by atoms with Crippen LogP contribution in [0.1, 0.15) is 42.6 Å². The van der Waals surface area contributed by atoms with Crippen LogP contribution in [0.4, 0.5) is 0 Å². The average Bonchev–Trinajstić information content (AvgIpc) is 3.15. The third-order valence-corrected chi connectivity index (χ3v) is 6.58. The molecule has 0 saturated carbocycles. The molecule has 1 aliphatic rings. The van der Waals surface area contributed by atoms with Crippen molar-refractivity contribution in [3.8, 4) is 11.5 Å². The number of benzene rings is 2. The molecule has 1 saturated heterocycles. The topological polar surface area (TPSA) is 59.8 Å². The van der Waals surface area contributed by atoms with E-state index in [4.69, 9.17) is 9.47 Å². The second-order valence-corrected chi connectivity index (χ2v) is 9.47. The second kappa shape index (κ2) is 11.5. The van der Waals surface area contributed by atoms with Crippen LogP contribution < -0.4 is 9.47 Å². The number of aliphatic hydroxyl groups is 1. The lowest BCUT2D eigenvalue weighted by atomic mass is 9.96. The summed E-state index contributed by atoms with van der Waals surface area (Å²) in [5, 5.41) is 11.1. The largest absolute Gasteiger partial charge is 0.494 e. The van der Waals surface area contributed by atoms with Crippen LogP contribution in [0.2, 0.25) is 0 Å². The summed E-state index contributed by atoms with van der Waals surface area (Å²) < 4.78 is 14.1. The number of likely N-dealkylation sites (tertiary alicyclic amines) is 1. The molecule has 1 aliphatic heterocycles. The first-order chi connectivity index (χ1) is 16.5. The van der Waals surface area contributed by atoms with Gasteiger partial charge in [-0.25, -0.2) is 4.98 Å². The zero-order valence-corrected chi connectivity index (χ0v) is 20.4. The van der Waals surface area contributed by atoms with Crippen LogP contribution in [0, 0.1) is 13.8 Å². The molecule has 2 aromatic carbocycles. The zero-order valence-electron chi connectivity index (χ0n) is 20.4. The van der Waals surface area contributed by atoms with Crippen LogP contribution in [0.3, 0.4) is 0 Å². The molecule has 0 amide bonds. The molecule has 182 valence electrons. The smallest absolute Gasteiger partial charge is 0.119 e. The average molecular weight is 464 g/mol. The summed E-state index contributed by atoms with van der Waals surface area (Å²) in [7, 11) is 0. The van der Waals surface area contributed by atoms with Gasteiger partial charge in [-0.15, -0.1) is 0 Å². The lowest BCUT2D eigenvalue weighted by Crippen LogP contribution is -2.37. The maximum Gasteiger partial charge on any atom is 0.119 e. The highest BCUT2D eigenvalue weighted by molar-refractivity contribution is 5.28. The lowest BCUT2D eigenvalue weighted by molar-refractivity contribution is -0.0168. The summed E-state index contributed by atoms with van der Waals surface area (Å²) in [5.41, 5.74) is 1.66. The third-order valence-electron chi connectivity index (χ3n) is 6.58. The van der Waals surface area contributed by atoms with Gasteiger partial charge in [0.05, 0.1) is 12.2 Å². The van der Waals surface area contributed by atoms with Crippen molar-refractivity contribution in [3.05, 3.63) is 77.9 Å². The van der Waals surface area contributed by atoms with Crippen molar-refractivity contribution >= 4 is 0 Å². The van der Waals surface area contributed by atoms with Crippen molar-refractivity contribution in [2.24, 2.45) is 0 Å². The summed E-state index contributed by atoms with van der Waals surface area (Å²) in [6.07, 6.45) is 7.21. The first-order valence-electron chi connectivity index (χ1n) is 12.3. The lowest BCUT2D eigenvalue weighted by Gasteiger charge is -2.27. The molecule has 1 unspecified atom stereocenters. The van der Waals surface area contributed by atoms with Crippen molar-refractivity contribution in [2.45, 2.75) is 58.2 Å². The van der Waals surface area contributed by atoms with Crippen LogP contribution in [0.25, 0.3) is 0 Å². The van der Waals surface area contributed by atoms with E-state index >= 15 is 0 Å². The van der Waals surface area contributed by atoms with E-state index < -0.39 is 5.60 Å². The van der Waals surface area contributed by atoms with Gasteiger partial charge in [0, 0.05) is 32.0 Å². The first kappa shape index (κ1) is 24.3. The first-order valence-corrected chi connectivity index (χ1v) is 12.3. The van der Waals surface area contributed by atoms with Gasteiger partial charge in [0.25, 0.3) is 0 Å². The molecule has 3 aromatic rings. The van der Waals surface area contributed by atoms with Gasteiger partial charge in [0.2, 0.25) is 0 Å². The maximum absolute atomic E-state index is 11.1. The predicted octanol–water partition coefficient (Wildman–Crippen LogP) is 4.77. The van der Waals surface area contributed by atoms with E-state index in [9.17, 15) is 5.11 Å². The van der Waals surface area contributed by atoms with E-state index in [1.54, 1.807) is 0 Å². The summed E-state index contributed by atoms with van der Waals surface area (Å²) >= 11 is 0. The molecule has 4 rings (SSSR count). The van der Waals surface area contributed by atoms with E-state index in [-0.39, 0.29) is 0 Å². The van der Waals surface area contributed by atoms with E-state index in [1.807, 2.05) is 49.6 Å². The number of ether oxygens (including phenoxy) is 2. The van der Waals surface area contributed by atoms with E-state index in [0.717, 1.165) is 62.8 Å². The molecule has 1 aromatic heterocycles. The minimum absolute atomic E-state index is 0.339. The monoisotopic (exact) mass is 463 g/mol. The summed E-state index contributed by atoms with van der Waals surface area (Å²) in [5.74, 6) is 2.77. The van der Waals surface area contributed by atoms with Crippen molar-refractivity contribution in [1.82, 2.24) is 14.5 Å². The van der Waals surface area contributed by atoms with Crippen LogP contribution in [-0.2, 0) is 13.1 Å². The molecule has 6 heteroatoms. The highest BCUT2D eigenvalue weighted by Crippen LogP contribution is 2.25. The highest BCUT2D eigenvalue weighted by Gasteiger charge is 2.31. The third kappa shape index (κ3) is 7.08. The summed E-state index contributed by atoms with van der Waals surface area (Å²) in [6, 6.07) is 16.4. The second-order valence-electron chi connectivity index (χ2n) is 9.47. The van der Waals surface area contributed by atoms with Crippen molar-refractivity contribution in [1.29, 1.82) is 0 Å². The van der Waals surface area contributed by atoms with Crippen LogP contribution in [0.5, 0.6) is 11.5 Å². The van der Waals surface area contributed by atoms with Crippen LogP contribution in [-0.4, -0.2) is 51.5 Å². The molecule has 0 spiro atoms. The SMILES string of the molecule is Cc1ccc(OCC2(O)CCCN(Cc3cccc(OCCCn4ccnc4C)c3)CC2)cc1. The fourth-order valence-electron chi connectivity index (χ4n) is 4.45. The Morgan fingerprint density at radius 3 is 2.65 bits per heavy atom. The number of hydrogen-bond donors (Lipinski definition) is 1. The molecule has 6 nitrogen and oxygen atoms in total. The quantitative estimate of drug-likeness (QED) is 0.439. The molecule has 1 N–H and O–H groups in total. The molecular formula is C28H37N3O3. The Balaban J connectivity index is 1.23. The number of nitrogens with zero attached hydrogens (tertiary/aromatic N) is 3. The van der Waals surface area contributed by atoms with Gasteiger partial charge in [-0.05, 0) is 75.9 Å².